The number of aryl methyl sites for hydroxylation is 1. The molecule has 1 amide bonds. The zero-order chi connectivity index (χ0) is 20.3. The second-order valence-electron chi connectivity index (χ2n) is 5.95. The van der Waals surface area contributed by atoms with Crippen molar-refractivity contribution in [3.63, 3.8) is 0 Å². The van der Waals surface area contributed by atoms with E-state index >= 15 is 0 Å². The molecule has 1 heterocycles. The van der Waals surface area contributed by atoms with Gasteiger partial charge < -0.3 is 10.4 Å². The molecule has 0 fully saturated rings. The molecule has 0 saturated heterocycles. The van der Waals surface area contributed by atoms with Crippen molar-refractivity contribution in [1.29, 1.82) is 0 Å². The van der Waals surface area contributed by atoms with Gasteiger partial charge in [0.1, 0.15) is 17.2 Å². The summed E-state index contributed by atoms with van der Waals surface area (Å²) < 4.78 is 27.5. The van der Waals surface area contributed by atoms with E-state index in [1.165, 1.54) is 17.4 Å². The van der Waals surface area contributed by atoms with E-state index in [1.807, 2.05) is 0 Å². The Hall–Kier alpha value is -2.58. The molecule has 0 bridgehead atoms. The van der Waals surface area contributed by atoms with Gasteiger partial charge in [-0.05, 0) is 35.7 Å². The summed E-state index contributed by atoms with van der Waals surface area (Å²) in [6.07, 6.45) is 0.00906. The lowest BCUT2D eigenvalue weighted by Crippen LogP contribution is -2.14. The third-order valence-corrected chi connectivity index (χ3v) is 5.58. The standard InChI is InChI=1S/C20H14BrF2NO3S/c21-13-5-1-12(2-6-13)19-18(20(26)27)16(10-28-19)24-17(25)8-4-11-3-7-14(22)9-15(11)23/h1-3,5-7,9-10H,4,8H2,(H,24,25)(H,26,27). The molecule has 3 aromatic rings. The number of benzene rings is 2. The summed E-state index contributed by atoms with van der Waals surface area (Å²) in [7, 11) is 0. The van der Waals surface area contributed by atoms with Gasteiger partial charge in [-0.25, -0.2) is 13.6 Å². The van der Waals surface area contributed by atoms with Crippen LogP contribution in [0.3, 0.4) is 0 Å². The zero-order valence-corrected chi connectivity index (χ0v) is 16.7. The maximum absolute atomic E-state index is 13.7. The number of hydrogen-bond donors (Lipinski definition) is 2. The number of rotatable bonds is 6. The number of aromatic carboxylic acids is 1. The Balaban J connectivity index is 1.75. The fraction of sp³-hybridized carbons (Fsp3) is 0.100. The smallest absolute Gasteiger partial charge is 0.339 e. The molecule has 2 aromatic carbocycles. The summed E-state index contributed by atoms with van der Waals surface area (Å²) in [6, 6.07) is 10.3. The quantitative estimate of drug-likeness (QED) is 0.488. The first-order valence-corrected chi connectivity index (χ1v) is 9.87. The van der Waals surface area contributed by atoms with Gasteiger partial charge in [0, 0.05) is 22.3 Å². The molecule has 3 rings (SSSR count). The van der Waals surface area contributed by atoms with Gasteiger partial charge in [0.25, 0.3) is 0 Å². The Morgan fingerprint density at radius 1 is 1.11 bits per heavy atom. The maximum Gasteiger partial charge on any atom is 0.339 e. The first-order chi connectivity index (χ1) is 13.3. The molecule has 0 unspecified atom stereocenters. The van der Waals surface area contributed by atoms with Gasteiger partial charge >= 0.3 is 5.97 Å². The Morgan fingerprint density at radius 3 is 2.46 bits per heavy atom. The van der Waals surface area contributed by atoms with Crippen LogP contribution in [0.25, 0.3) is 10.4 Å². The number of carbonyl (C=O) groups excluding carboxylic acids is 1. The van der Waals surface area contributed by atoms with Crippen molar-refractivity contribution in [2.45, 2.75) is 12.8 Å². The number of thiophene rings is 1. The lowest BCUT2D eigenvalue weighted by atomic mass is 10.1. The highest BCUT2D eigenvalue weighted by atomic mass is 79.9. The van der Waals surface area contributed by atoms with Gasteiger partial charge in [-0.2, -0.15) is 0 Å². The van der Waals surface area contributed by atoms with Crippen LogP contribution in [0.4, 0.5) is 14.5 Å². The fourth-order valence-electron chi connectivity index (χ4n) is 2.66. The minimum Gasteiger partial charge on any atom is -0.478 e. The largest absolute Gasteiger partial charge is 0.478 e. The first-order valence-electron chi connectivity index (χ1n) is 8.19. The van der Waals surface area contributed by atoms with Crippen molar-refractivity contribution in [1.82, 2.24) is 0 Å². The number of carboxylic acid groups (broad SMARTS) is 1. The van der Waals surface area contributed by atoms with Crippen LogP contribution in [0, 0.1) is 11.6 Å². The third-order valence-electron chi connectivity index (χ3n) is 4.02. The maximum atomic E-state index is 13.7. The number of nitrogens with one attached hydrogen (secondary N) is 1. The summed E-state index contributed by atoms with van der Waals surface area (Å²) >= 11 is 4.54. The van der Waals surface area contributed by atoms with Crippen LogP contribution in [0.15, 0.2) is 52.3 Å². The first kappa shape index (κ1) is 20.2. The minimum absolute atomic E-state index is 0.00800. The molecule has 0 aliphatic heterocycles. The highest BCUT2D eigenvalue weighted by Gasteiger charge is 2.21. The van der Waals surface area contributed by atoms with Gasteiger partial charge in [-0.15, -0.1) is 11.3 Å². The highest BCUT2D eigenvalue weighted by Crippen LogP contribution is 2.36. The third kappa shape index (κ3) is 4.63. The average Bonchev–Trinajstić information content (AvgIpc) is 3.05. The van der Waals surface area contributed by atoms with Crippen LogP contribution in [0.2, 0.25) is 0 Å². The molecule has 0 atom stereocenters. The Morgan fingerprint density at radius 2 is 1.82 bits per heavy atom. The molecular weight excluding hydrogens is 452 g/mol. The van der Waals surface area contributed by atoms with Crippen molar-refractivity contribution in [2.75, 3.05) is 5.32 Å². The summed E-state index contributed by atoms with van der Waals surface area (Å²) in [5, 5.41) is 13.7. The molecule has 0 aliphatic carbocycles. The predicted molar refractivity (Wildman–Crippen MR) is 108 cm³/mol. The van der Waals surface area contributed by atoms with Gasteiger partial charge in [0.05, 0.1) is 10.6 Å². The average molecular weight is 466 g/mol. The van der Waals surface area contributed by atoms with E-state index < -0.39 is 23.5 Å². The summed E-state index contributed by atoms with van der Waals surface area (Å²) in [5.41, 5.74) is 1.14. The van der Waals surface area contributed by atoms with Gasteiger partial charge in [-0.3, -0.25) is 4.79 Å². The lowest BCUT2D eigenvalue weighted by Gasteiger charge is -2.07. The van der Waals surface area contributed by atoms with E-state index in [1.54, 1.807) is 29.6 Å². The molecule has 2 N–H and O–H groups in total. The highest BCUT2D eigenvalue weighted by molar-refractivity contribution is 9.10. The Bertz CT molecular complexity index is 1030. The number of carbonyl (C=O) groups is 2. The van der Waals surface area contributed by atoms with E-state index in [4.69, 9.17) is 0 Å². The van der Waals surface area contributed by atoms with Crippen molar-refractivity contribution in [3.05, 3.63) is 75.1 Å². The molecule has 4 nitrogen and oxygen atoms in total. The van der Waals surface area contributed by atoms with Crippen LogP contribution in [-0.4, -0.2) is 17.0 Å². The number of carboxylic acids is 1. The Labute approximate surface area is 172 Å². The summed E-state index contributed by atoms with van der Waals surface area (Å²) in [6.45, 7) is 0. The van der Waals surface area contributed by atoms with Crippen molar-refractivity contribution < 1.29 is 23.5 Å². The predicted octanol–water partition coefficient (Wildman–Crippen LogP) is 5.73. The number of halogens is 3. The van der Waals surface area contributed by atoms with E-state index in [-0.39, 0.29) is 29.7 Å². The molecule has 0 radical (unpaired) electrons. The van der Waals surface area contributed by atoms with Crippen LogP contribution >= 0.6 is 27.3 Å². The molecule has 0 saturated carbocycles. The van der Waals surface area contributed by atoms with Gasteiger partial charge in [0.2, 0.25) is 5.91 Å². The molecule has 0 spiro atoms. The molecule has 8 heteroatoms. The van der Waals surface area contributed by atoms with E-state index in [0.717, 1.165) is 22.2 Å². The number of hydrogen-bond acceptors (Lipinski definition) is 3. The second kappa shape index (κ2) is 8.62. The molecule has 28 heavy (non-hydrogen) atoms. The van der Waals surface area contributed by atoms with Crippen LogP contribution in [0.5, 0.6) is 0 Å². The number of anilines is 1. The van der Waals surface area contributed by atoms with E-state index in [9.17, 15) is 23.5 Å². The van der Waals surface area contributed by atoms with E-state index in [2.05, 4.69) is 21.2 Å². The topological polar surface area (TPSA) is 66.4 Å². The van der Waals surface area contributed by atoms with Crippen LogP contribution in [0.1, 0.15) is 22.3 Å². The lowest BCUT2D eigenvalue weighted by molar-refractivity contribution is -0.116. The zero-order valence-electron chi connectivity index (χ0n) is 14.3. The normalized spacial score (nSPS) is 10.7. The minimum atomic E-state index is -1.15. The number of amides is 1. The van der Waals surface area contributed by atoms with Crippen molar-refractivity contribution in [2.24, 2.45) is 0 Å². The van der Waals surface area contributed by atoms with Crippen LogP contribution < -0.4 is 5.32 Å². The molecular formula is C20H14BrF2NO3S. The summed E-state index contributed by atoms with van der Waals surface area (Å²) in [5.74, 6) is -3.01. The monoisotopic (exact) mass is 465 g/mol. The molecule has 144 valence electrons. The SMILES string of the molecule is O=C(CCc1ccc(F)cc1F)Nc1csc(-c2ccc(Br)cc2)c1C(=O)O. The second-order valence-corrected chi connectivity index (χ2v) is 7.74. The van der Waals surface area contributed by atoms with Crippen LogP contribution in [-0.2, 0) is 11.2 Å². The van der Waals surface area contributed by atoms with Gasteiger partial charge in [0.15, 0.2) is 0 Å². The van der Waals surface area contributed by atoms with Gasteiger partial charge in [-0.1, -0.05) is 34.1 Å². The van der Waals surface area contributed by atoms with Crippen molar-refractivity contribution in [3.8, 4) is 10.4 Å². The molecule has 1 aromatic heterocycles. The Kier molecular flexibility index (Phi) is 6.21. The molecule has 0 aliphatic rings. The summed E-state index contributed by atoms with van der Waals surface area (Å²) in [4.78, 5) is 24.5. The van der Waals surface area contributed by atoms with E-state index in [0.29, 0.717) is 4.88 Å². The fourth-order valence-corrected chi connectivity index (χ4v) is 3.93. The van der Waals surface area contributed by atoms with Crippen molar-refractivity contribution >= 4 is 44.8 Å².